The van der Waals surface area contributed by atoms with Gasteiger partial charge in [0.25, 0.3) is 0 Å². The lowest BCUT2D eigenvalue weighted by Gasteiger charge is -2.12. The van der Waals surface area contributed by atoms with E-state index in [4.69, 9.17) is 9.84 Å². The quantitative estimate of drug-likeness (QED) is 0.360. The van der Waals surface area contributed by atoms with Crippen LogP contribution in [-0.2, 0) is 11.3 Å². The minimum Gasteiger partial charge on any atom is -0.482 e. The van der Waals surface area contributed by atoms with Crippen molar-refractivity contribution in [2.45, 2.75) is 6.54 Å². The molecule has 1 heterocycles. The molecule has 1 aromatic heterocycles. The van der Waals surface area contributed by atoms with Gasteiger partial charge in [0.2, 0.25) is 0 Å². The third kappa shape index (κ3) is 5.71. The highest BCUT2D eigenvalue weighted by molar-refractivity contribution is 5.81. The molecular weight excluding hydrogens is 426 g/mol. The number of pyridine rings is 1. The lowest BCUT2D eigenvalue weighted by Crippen LogP contribution is -2.11. The Kier molecular flexibility index (Phi) is 6.59. The lowest BCUT2D eigenvalue weighted by molar-refractivity contribution is -0.139. The zero-order chi connectivity index (χ0) is 23.2. The van der Waals surface area contributed by atoms with E-state index in [9.17, 15) is 13.6 Å². The minimum atomic E-state index is -1.03. The summed E-state index contributed by atoms with van der Waals surface area (Å²) in [4.78, 5) is 15.1. The van der Waals surface area contributed by atoms with Crippen LogP contribution in [-0.4, -0.2) is 22.7 Å². The Morgan fingerprint density at radius 1 is 0.970 bits per heavy atom. The van der Waals surface area contributed by atoms with Gasteiger partial charge >= 0.3 is 5.97 Å². The van der Waals surface area contributed by atoms with Gasteiger partial charge in [0.05, 0.1) is 11.2 Å². The van der Waals surface area contributed by atoms with E-state index < -0.39 is 24.2 Å². The fourth-order valence-electron chi connectivity index (χ4n) is 3.29. The van der Waals surface area contributed by atoms with Crippen molar-refractivity contribution >= 4 is 34.7 Å². The van der Waals surface area contributed by atoms with Crippen molar-refractivity contribution in [2.24, 2.45) is 0 Å². The Morgan fingerprint density at radius 2 is 1.79 bits per heavy atom. The molecule has 7 heteroatoms. The molecule has 0 fully saturated rings. The predicted molar refractivity (Wildman–Crippen MR) is 124 cm³/mol. The first-order valence-corrected chi connectivity index (χ1v) is 10.2. The van der Waals surface area contributed by atoms with E-state index in [0.717, 1.165) is 28.9 Å². The van der Waals surface area contributed by atoms with Crippen molar-refractivity contribution < 1.29 is 23.4 Å². The largest absolute Gasteiger partial charge is 0.482 e. The Labute approximate surface area is 189 Å². The molecule has 4 rings (SSSR count). The number of carboxylic acids is 1. The molecule has 0 radical (unpaired) electrons. The molecule has 0 saturated heterocycles. The van der Waals surface area contributed by atoms with Gasteiger partial charge in [0.1, 0.15) is 5.75 Å². The van der Waals surface area contributed by atoms with E-state index in [1.54, 1.807) is 30.3 Å². The monoisotopic (exact) mass is 446 g/mol. The minimum absolute atomic E-state index is 0.384. The molecule has 0 aliphatic heterocycles. The number of ether oxygens (including phenoxy) is 1. The van der Waals surface area contributed by atoms with E-state index in [0.29, 0.717) is 28.9 Å². The van der Waals surface area contributed by atoms with Crippen LogP contribution < -0.4 is 10.1 Å². The molecule has 166 valence electrons. The highest BCUT2D eigenvalue weighted by Crippen LogP contribution is 2.21. The standard InChI is InChI=1S/C26H20F2N2O3/c27-22-13-18-9-11-20(30-24(18)14-23(22)28)10-8-17-4-3-6-21(12-17)29-15-19-5-1-2-7-25(19)33-16-26(31)32/h1-14,29H,15-16H2,(H,31,32)/b10-8+. The summed E-state index contributed by atoms with van der Waals surface area (Å²) < 4.78 is 32.2. The van der Waals surface area contributed by atoms with Gasteiger partial charge in [0, 0.05) is 29.2 Å². The number of halogens is 2. The average Bonchev–Trinajstić information content (AvgIpc) is 2.81. The molecule has 4 aromatic rings. The van der Waals surface area contributed by atoms with Crippen LogP contribution in [0.3, 0.4) is 0 Å². The van der Waals surface area contributed by atoms with Gasteiger partial charge in [-0.3, -0.25) is 0 Å². The number of hydrogen-bond donors (Lipinski definition) is 2. The highest BCUT2D eigenvalue weighted by Gasteiger charge is 2.06. The molecule has 0 bridgehead atoms. The number of benzene rings is 3. The number of hydrogen-bond acceptors (Lipinski definition) is 4. The highest BCUT2D eigenvalue weighted by atomic mass is 19.2. The Balaban J connectivity index is 1.45. The summed E-state index contributed by atoms with van der Waals surface area (Å²) in [6, 6.07) is 20.6. The van der Waals surface area contributed by atoms with E-state index in [-0.39, 0.29) is 0 Å². The zero-order valence-electron chi connectivity index (χ0n) is 17.5. The molecule has 0 aliphatic rings. The molecule has 2 N–H and O–H groups in total. The summed E-state index contributed by atoms with van der Waals surface area (Å²) in [6.45, 7) is 0.0546. The van der Waals surface area contributed by atoms with Gasteiger partial charge < -0.3 is 15.2 Å². The second-order valence-corrected chi connectivity index (χ2v) is 7.30. The van der Waals surface area contributed by atoms with Gasteiger partial charge in [0.15, 0.2) is 18.2 Å². The molecule has 3 aromatic carbocycles. The summed E-state index contributed by atoms with van der Waals surface area (Å²) >= 11 is 0. The summed E-state index contributed by atoms with van der Waals surface area (Å²) in [7, 11) is 0. The first kappa shape index (κ1) is 22.0. The summed E-state index contributed by atoms with van der Waals surface area (Å²) in [5.41, 5.74) is 3.63. The van der Waals surface area contributed by atoms with Crippen LogP contribution in [0.2, 0.25) is 0 Å². The molecule has 0 saturated carbocycles. The van der Waals surface area contributed by atoms with Crippen molar-refractivity contribution in [3.05, 3.63) is 101 Å². The SMILES string of the molecule is O=C(O)COc1ccccc1CNc1cccc(/C=C/c2ccc3cc(F)c(F)cc3n2)c1. The fourth-order valence-corrected chi connectivity index (χ4v) is 3.29. The van der Waals surface area contributed by atoms with Crippen LogP contribution in [0.5, 0.6) is 5.75 Å². The Hall–Kier alpha value is -4.26. The Bertz CT molecular complexity index is 1340. The van der Waals surface area contributed by atoms with Crippen LogP contribution in [0.15, 0.2) is 72.8 Å². The van der Waals surface area contributed by atoms with Gasteiger partial charge in [-0.2, -0.15) is 0 Å². The molecule has 0 amide bonds. The lowest BCUT2D eigenvalue weighted by atomic mass is 10.1. The average molecular weight is 446 g/mol. The van der Waals surface area contributed by atoms with Crippen molar-refractivity contribution in [2.75, 3.05) is 11.9 Å². The molecule has 0 aliphatic carbocycles. The van der Waals surface area contributed by atoms with Crippen LogP contribution >= 0.6 is 0 Å². The Morgan fingerprint density at radius 3 is 2.64 bits per heavy atom. The van der Waals surface area contributed by atoms with Crippen molar-refractivity contribution in [3.8, 4) is 5.75 Å². The number of nitrogens with zero attached hydrogens (tertiary/aromatic N) is 1. The molecule has 0 spiro atoms. The maximum atomic E-state index is 13.5. The van der Waals surface area contributed by atoms with E-state index in [2.05, 4.69) is 10.3 Å². The normalized spacial score (nSPS) is 11.1. The third-order valence-corrected chi connectivity index (χ3v) is 4.89. The van der Waals surface area contributed by atoms with Crippen LogP contribution in [0.4, 0.5) is 14.5 Å². The number of nitrogens with one attached hydrogen (secondary N) is 1. The number of rotatable bonds is 8. The second kappa shape index (κ2) is 9.91. The van der Waals surface area contributed by atoms with E-state index in [1.807, 2.05) is 42.5 Å². The van der Waals surface area contributed by atoms with E-state index in [1.165, 1.54) is 0 Å². The summed E-state index contributed by atoms with van der Waals surface area (Å²) in [5.74, 6) is -2.34. The van der Waals surface area contributed by atoms with Crippen LogP contribution in [0.25, 0.3) is 23.1 Å². The van der Waals surface area contributed by atoms with Crippen molar-refractivity contribution in [1.82, 2.24) is 4.98 Å². The number of fused-ring (bicyclic) bond motifs is 1. The van der Waals surface area contributed by atoms with Gasteiger partial charge in [-0.05, 0) is 42.0 Å². The van der Waals surface area contributed by atoms with Gasteiger partial charge in [-0.25, -0.2) is 18.6 Å². The first-order valence-electron chi connectivity index (χ1n) is 10.2. The molecule has 0 unspecified atom stereocenters. The summed E-state index contributed by atoms with van der Waals surface area (Å²) in [6.07, 6.45) is 3.68. The molecule has 5 nitrogen and oxygen atoms in total. The van der Waals surface area contributed by atoms with Crippen LogP contribution in [0, 0.1) is 11.6 Å². The molecule has 33 heavy (non-hydrogen) atoms. The number of carbonyl (C=O) groups is 1. The number of para-hydroxylation sites is 1. The predicted octanol–water partition coefficient (Wildman–Crippen LogP) is 5.76. The fraction of sp³-hybridized carbons (Fsp3) is 0.0769. The van der Waals surface area contributed by atoms with Gasteiger partial charge in [-0.1, -0.05) is 42.5 Å². The third-order valence-electron chi connectivity index (χ3n) is 4.89. The number of anilines is 1. The topological polar surface area (TPSA) is 71.5 Å². The van der Waals surface area contributed by atoms with E-state index >= 15 is 0 Å². The van der Waals surface area contributed by atoms with Crippen molar-refractivity contribution in [1.29, 1.82) is 0 Å². The second-order valence-electron chi connectivity index (χ2n) is 7.30. The number of aromatic nitrogens is 1. The zero-order valence-corrected chi connectivity index (χ0v) is 17.5. The maximum Gasteiger partial charge on any atom is 0.341 e. The number of carboxylic acid groups (broad SMARTS) is 1. The van der Waals surface area contributed by atoms with Crippen LogP contribution in [0.1, 0.15) is 16.8 Å². The first-order chi connectivity index (χ1) is 16.0. The molecule has 0 atom stereocenters. The van der Waals surface area contributed by atoms with Crippen molar-refractivity contribution in [3.63, 3.8) is 0 Å². The number of aliphatic carboxylic acids is 1. The maximum absolute atomic E-state index is 13.5. The smallest absolute Gasteiger partial charge is 0.341 e. The molecular formula is C26H20F2N2O3. The summed E-state index contributed by atoms with van der Waals surface area (Å²) in [5, 5.41) is 12.7. The van der Waals surface area contributed by atoms with Gasteiger partial charge in [-0.15, -0.1) is 0 Å².